The molecule has 0 heterocycles. The van der Waals surface area contributed by atoms with Crippen molar-refractivity contribution in [2.75, 3.05) is 20.8 Å². The summed E-state index contributed by atoms with van der Waals surface area (Å²) in [5, 5.41) is 0. The van der Waals surface area contributed by atoms with Crippen LogP contribution in [0.4, 0.5) is 0 Å². The molecule has 0 aliphatic heterocycles. The van der Waals surface area contributed by atoms with E-state index in [0.29, 0.717) is 6.04 Å². The summed E-state index contributed by atoms with van der Waals surface area (Å²) in [6.07, 6.45) is 4.16. The average Bonchev–Trinajstić information content (AvgIpc) is 2.50. The molecule has 0 saturated heterocycles. The summed E-state index contributed by atoms with van der Waals surface area (Å²) in [6.45, 7) is 5.46. The van der Waals surface area contributed by atoms with E-state index in [1.807, 2.05) is 0 Å². The van der Waals surface area contributed by atoms with Crippen LogP contribution in [0.15, 0.2) is 0 Å². The lowest BCUT2D eigenvalue weighted by Crippen LogP contribution is -2.42. The Morgan fingerprint density at radius 2 is 2.15 bits per heavy atom. The maximum atomic E-state index is 5.18. The van der Waals surface area contributed by atoms with Gasteiger partial charge < -0.3 is 4.74 Å². The highest BCUT2D eigenvalue weighted by Crippen LogP contribution is 2.29. The molecule has 0 N–H and O–H groups in total. The third-order valence-corrected chi connectivity index (χ3v) is 3.44. The number of methoxy groups -OCH3 is 1. The first-order valence-corrected chi connectivity index (χ1v) is 5.37. The molecule has 0 bridgehead atoms. The maximum absolute atomic E-state index is 5.18. The van der Waals surface area contributed by atoms with Crippen LogP contribution in [0.3, 0.4) is 0 Å². The molecule has 2 heteroatoms. The van der Waals surface area contributed by atoms with Gasteiger partial charge in [-0.15, -0.1) is 0 Å². The largest absolute Gasteiger partial charge is 0.383 e. The molecule has 1 aliphatic rings. The first kappa shape index (κ1) is 11.0. The van der Waals surface area contributed by atoms with Crippen molar-refractivity contribution in [1.29, 1.82) is 0 Å². The zero-order chi connectivity index (χ0) is 9.84. The molecular formula is C11H23NO. The summed E-state index contributed by atoms with van der Waals surface area (Å²) in [5.41, 5.74) is 0. The second-order valence-electron chi connectivity index (χ2n) is 4.45. The lowest BCUT2D eigenvalue weighted by molar-refractivity contribution is 0.0786. The zero-order valence-corrected chi connectivity index (χ0v) is 9.42. The Morgan fingerprint density at radius 1 is 1.46 bits per heavy atom. The predicted molar refractivity (Wildman–Crippen MR) is 55.9 cm³/mol. The monoisotopic (exact) mass is 185 g/mol. The van der Waals surface area contributed by atoms with Crippen LogP contribution in [0.1, 0.15) is 33.1 Å². The summed E-state index contributed by atoms with van der Waals surface area (Å²) >= 11 is 0. The summed E-state index contributed by atoms with van der Waals surface area (Å²) in [6, 6.07) is 1.33. The molecule has 0 unspecified atom stereocenters. The molecule has 0 aromatic heterocycles. The standard InChI is InChI=1S/C11H23NO/c1-9-6-5-7-11(9)12(3)10(2)8-13-4/h9-11H,5-8H2,1-4H3/t9-,10+,11+/m1/s1. The van der Waals surface area contributed by atoms with Crippen molar-refractivity contribution in [3.63, 3.8) is 0 Å². The normalized spacial score (nSPS) is 31.2. The molecule has 3 atom stereocenters. The highest BCUT2D eigenvalue weighted by Gasteiger charge is 2.28. The minimum absolute atomic E-state index is 0.551. The van der Waals surface area contributed by atoms with Gasteiger partial charge in [-0.25, -0.2) is 0 Å². The van der Waals surface area contributed by atoms with Gasteiger partial charge in [0.15, 0.2) is 0 Å². The van der Waals surface area contributed by atoms with Crippen LogP contribution in [0.2, 0.25) is 0 Å². The second-order valence-corrected chi connectivity index (χ2v) is 4.45. The van der Waals surface area contributed by atoms with Gasteiger partial charge >= 0.3 is 0 Å². The molecule has 1 rings (SSSR count). The van der Waals surface area contributed by atoms with E-state index in [9.17, 15) is 0 Å². The highest BCUT2D eigenvalue weighted by atomic mass is 16.5. The molecule has 0 radical (unpaired) electrons. The van der Waals surface area contributed by atoms with Gasteiger partial charge in [0.1, 0.15) is 0 Å². The third kappa shape index (κ3) is 2.68. The number of hydrogen-bond donors (Lipinski definition) is 0. The summed E-state index contributed by atoms with van der Waals surface area (Å²) in [4.78, 5) is 2.49. The first-order valence-electron chi connectivity index (χ1n) is 5.37. The average molecular weight is 185 g/mol. The van der Waals surface area contributed by atoms with Crippen LogP contribution >= 0.6 is 0 Å². The molecule has 13 heavy (non-hydrogen) atoms. The van der Waals surface area contributed by atoms with Gasteiger partial charge in [-0.05, 0) is 32.7 Å². The van der Waals surface area contributed by atoms with E-state index in [2.05, 4.69) is 25.8 Å². The second kappa shape index (κ2) is 4.97. The molecular weight excluding hydrogens is 162 g/mol. The number of rotatable bonds is 4. The summed E-state index contributed by atoms with van der Waals surface area (Å²) in [5.74, 6) is 0.865. The van der Waals surface area contributed by atoms with Gasteiger partial charge in [-0.1, -0.05) is 13.3 Å². The topological polar surface area (TPSA) is 12.5 Å². The lowest BCUT2D eigenvalue weighted by Gasteiger charge is -2.32. The number of ether oxygens (including phenoxy) is 1. The highest BCUT2D eigenvalue weighted by molar-refractivity contribution is 4.83. The number of hydrogen-bond acceptors (Lipinski definition) is 2. The fourth-order valence-corrected chi connectivity index (χ4v) is 2.42. The first-order chi connectivity index (χ1) is 6.16. The van der Waals surface area contributed by atoms with Crippen LogP contribution in [-0.4, -0.2) is 37.7 Å². The summed E-state index contributed by atoms with van der Waals surface area (Å²) in [7, 11) is 4.01. The van der Waals surface area contributed by atoms with E-state index in [-0.39, 0.29) is 0 Å². The van der Waals surface area contributed by atoms with Crippen molar-refractivity contribution in [3.05, 3.63) is 0 Å². The van der Waals surface area contributed by atoms with Gasteiger partial charge in [0.05, 0.1) is 6.61 Å². The van der Waals surface area contributed by atoms with Crippen molar-refractivity contribution in [1.82, 2.24) is 4.90 Å². The van der Waals surface area contributed by atoms with E-state index >= 15 is 0 Å². The Labute approximate surface area is 82.3 Å². The predicted octanol–water partition coefficient (Wildman–Crippen LogP) is 2.14. The smallest absolute Gasteiger partial charge is 0.0615 e. The van der Waals surface area contributed by atoms with Crippen LogP contribution < -0.4 is 0 Å². The van der Waals surface area contributed by atoms with E-state index in [0.717, 1.165) is 18.6 Å². The van der Waals surface area contributed by atoms with E-state index in [1.54, 1.807) is 7.11 Å². The van der Waals surface area contributed by atoms with Crippen molar-refractivity contribution in [2.24, 2.45) is 5.92 Å². The molecule has 78 valence electrons. The van der Waals surface area contributed by atoms with E-state index in [1.165, 1.54) is 19.3 Å². The Morgan fingerprint density at radius 3 is 2.62 bits per heavy atom. The molecule has 0 aromatic carbocycles. The van der Waals surface area contributed by atoms with Crippen LogP contribution in [0.25, 0.3) is 0 Å². The van der Waals surface area contributed by atoms with Crippen molar-refractivity contribution < 1.29 is 4.74 Å². The minimum atomic E-state index is 0.551. The van der Waals surface area contributed by atoms with Crippen LogP contribution in [0, 0.1) is 5.92 Å². The fraction of sp³-hybridized carbons (Fsp3) is 1.00. The van der Waals surface area contributed by atoms with Crippen molar-refractivity contribution in [2.45, 2.75) is 45.2 Å². The molecule has 1 fully saturated rings. The molecule has 0 aromatic rings. The van der Waals surface area contributed by atoms with Gasteiger partial charge in [-0.2, -0.15) is 0 Å². The fourth-order valence-electron chi connectivity index (χ4n) is 2.42. The van der Waals surface area contributed by atoms with E-state index < -0.39 is 0 Å². The van der Waals surface area contributed by atoms with Gasteiger partial charge in [0.2, 0.25) is 0 Å². The van der Waals surface area contributed by atoms with Crippen molar-refractivity contribution >= 4 is 0 Å². The maximum Gasteiger partial charge on any atom is 0.0615 e. The zero-order valence-electron chi connectivity index (χ0n) is 9.42. The van der Waals surface area contributed by atoms with Crippen molar-refractivity contribution in [3.8, 4) is 0 Å². The molecule has 1 saturated carbocycles. The minimum Gasteiger partial charge on any atom is -0.383 e. The SMILES string of the molecule is COC[C@H](C)N(C)[C@H]1CCC[C@H]1C. The lowest BCUT2D eigenvalue weighted by atomic mass is 10.0. The van der Waals surface area contributed by atoms with Gasteiger partial charge in [0, 0.05) is 19.2 Å². The Bertz CT molecular complexity index is 149. The van der Waals surface area contributed by atoms with E-state index in [4.69, 9.17) is 4.74 Å². The van der Waals surface area contributed by atoms with Crippen LogP contribution in [0.5, 0.6) is 0 Å². The number of nitrogens with zero attached hydrogens (tertiary/aromatic N) is 1. The summed E-state index contributed by atoms with van der Waals surface area (Å²) < 4.78 is 5.18. The van der Waals surface area contributed by atoms with Gasteiger partial charge in [-0.3, -0.25) is 4.90 Å². The Hall–Kier alpha value is -0.0800. The number of likely N-dealkylation sites (N-methyl/N-ethyl adjacent to an activating group) is 1. The van der Waals surface area contributed by atoms with Crippen LogP contribution in [-0.2, 0) is 4.74 Å². The Kier molecular flexibility index (Phi) is 4.20. The Balaban J connectivity index is 2.40. The molecule has 1 aliphatic carbocycles. The molecule has 0 spiro atoms. The third-order valence-electron chi connectivity index (χ3n) is 3.44. The quantitative estimate of drug-likeness (QED) is 0.665. The molecule has 0 amide bonds. The van der Waals surface area contributed by atoms with Gasteiger partial charge in [0.25, 0.3) is 0 Å². The molecule has 2 nitrogen and oxygen atoms in total.